The van der Waals surface area contributed by atoms with Crippen molar-refractivity contribution in [2.24, 2.45) is 7.05 Å². The van der Waals surface area contributed by atoms with Gasteiger partial charge in [0.25, 0.3) is 5.91 Å². The summed E-state index contributed by atoms with van der Waals surface area (Å²) in [5.41, 5.74) is 4.59. The lowest BCUT2D eigenvalue weighted by atomic mass is 9.98. The molecule has 9 nitrogen and oxygen atoms in total. The van der Waals surface area contributed by atoms with Gasteiger partial charge in [-0.1, -0.05) is 48.5 Å². The average Bonchev–Trinajstić information content (AvgIpc) is 3.39. The first-order chi connectivity index (χ1) is 16.9. The van der Waals surface area contributed by atoms with Crippen molar-refractivity contribution in [3.8, 4) is 11.1 Å². The van der Waals surface area contributed by atoms with E-state index in [1.165, 1.54) is 15.8 Å². The van der Waals surface area contributed by atoms with Gasteiger partial charge >= 0.3 is 12.1 Å². The van der Waals surface area contributed by atoms with Gasteiger partial charge in [0.2, 0.25) is 0 Å². The van der Waals surface area contributed by atoms with Crippen molar-refractivity contribution in [1.29, 1.82) is 0 Å². The van der Waals surface area contributed by atoms with Crippen molar-refractivity contribution in [3.63, 3.8) is 0 Å². The molecule has 1 fully saturated rings. The van der Waals surface area contributed by atoms with Gasteiger partial charge < -0.3 is 14.7 Å². The minimum atomic E-state index is -1.03. The van der Waals surface area contributed by atoms with Crippen LogP contribution < -0.4 is 5.32 Å². The molecule has 2 N–H and O–H groups in total. The number of hydrogen-bond donors (Lipinski definition) is 2. The van der Waals surface area contributed by atoms with E-state index in [4.69, 9.17) is 4.74 Å². The molecule has 0 saturated carbocycles. The fraction of sp³-hybridized carbons (Fsp3) is 0.308. The lowest BCUT2D eigenvalue weighted by molar-refractivity contribution is -0.143. The van der Waals surface area contributed by atoms with E-state index in [2.05, 4.69) is 22.5 Å². The molecule has 180 valence electrons. The van der Waals surface area contributed by atoms with Crippen LogP contribution in [0.3, 0.4) is 0 Å². The van der Waals surface area contributed by atoms with Gasteiger partial charge in [-0.15, -0.1) is 0 Å². The Labute approximate surface area is 202 Å². The van der Waals surface area contributed by atoms with E-state index in [0.717, 1.165) is 35.1 Å². The van der Waals surface area contributed by atoms with Crippen molar-refractivity contribution in [2.75, 3.05) is 18.5 Å². The first kappa shape index (κ1) is 22.6. The van der Waals surface area contributed by atoms with Gasteiger partial charge in [-0.25, -0.2) is 9.59 Å². The molecule has 3 aromatic rings. The Bertz CT molecular complexity index is 1250. The number of carboxylic acids is 1. The number of carbonyl (C=O) groups is 3. The molecule has 0 bridgehead atoms. The van der Waals surface area contributed by atoms with Crippen molar-refractivity contribution >= 4 is 23.8 Å². The Hall–Kier alpha value is -4.14. The van der Waals surface area contributed by atoms with Crippen LogP contribution in [0.1, 0.15) is 46.7 Å². The van der Waals surface area contributed by atoms with Gasteiger partial charge in [-0.05, 0) is 41.5 Å². The smallest absolute Gasteiger partial charge is 0.412 e. The summed E-state index contributed by atoms with van der Waals surface area (Å²) in [7, 11) is 1.63. The molecule has 35 heavy (non-hydrogen) atoms. The second kappa shape index (κ2) is 9.25. The molecule has 5 rings (SSSR count). The highest BCUT2D eigenvalue weighted by molar-refractivity contribution is 6.03. The summed E-state index contributed by atoms with van der Waals surface area (Å²) < 4.78 is 6.98. The molecule has 0 unspecified atom stereocenters. The number of likely N-dealkylation sites (tertiary alicyclic amines) is 1. The van der Waals surface area contributed by atoms with Crippen molar-refractivity contribution < 1.29 is 24.2 Å². The van der Waals surface area contributed by atoms with E-state index in [-0.39, 0.29) is 23.9 Å². The maximum absolute atomic E-state index is 13.2. The zero-order valence-electron chi connectivity index (χ0n) is 19.3. The number of piperidine rings is 1. The third kappa shape index (κ3) is 4.25. The lowest BCUT2D eigenvalue weighted by Gasteiger charge is -2.32. The van der Waals surface area contributed by atoms with Gasteiger partial charge in [0.1, 0.15) is 18.2 Å². The van der Waals surface area contributed by atoms with Gasteiger partial charge in [-0.2, -0.15) is 5.10 Å². The molecule has 2 heterocycles. The largest absolute Gasteiger partial charge is 0.480 e. The van der Waals surface area contributed by atoms with Gasteiger partial charge in [0.05, 0.1) is 0 Å². The zero-order chi connectivity index (χ0) is 24.5. The number of ether oxygens (including phenoxy) is 1. The molecule has 1 saturated heterocycles. The first-order valence-electron chi connectivity index (χ1n) is 11.6. The van der Waals surface area contributed by atoms with Gasteiger partial charge in [0, 0.05) is 25.7 Å². The van der Waals surface area contributed by atoms with E-state index < -0.39 is 24.0 Å². The predicted molar refractivity (Wildman–Crippen MR) is 128 cm³/mol. The van der Waals surface area contributed by atoms with Crippen molar-refractivity contribution in [3.05, 3.63) is 71.4 Å². The molecule has 0 spiro atoms. The van der Waals surface area contributed by atoms with Crippen LogP contribution in [-0.4, -0.2) is 57.0 Å². The maximum Gasteiger partial charge on any atom is 0.412 e. The second-order valence-electron chi connectivity index (χ2n) is 8.86. The summed E-state index contributed by atoms with van der Waals surface area (Å²) >= 11 is 0. The van der Waals surface area contributed by atoms with Crippen LogP contribution in [0.15, 0.2) is 54.7 Å². The van der Waals surface area contributed by atoms with Crippen LogP contribution in [0.4, 0.5) is 10.6 Å². The summed E-state index contributed by atoms with van der Waals surface area (Å²) in [4.78, 5) is 38.9. The third-order valence-corrected chi connectivity index (χ3v) is 6.67. The van der Waals surface area contributed by atoms with Gasteiger partial charge in [0.15, 0.2) is 5.82 Å². The van der Waals surface area contributed by atoms with Crippen LogP contribution >= 0.6 is 0 Å². The van der Waals surface area contributed by atoms with Gasteiger partial charge in [-0.3, -0.25) is 14.8 Å². The number of aromatic nitrogens is 2. The quantitative estimate of drug-likeness (QED) is 0.581. The molecule has 2 aliphatic rings. The first-order valence-corrected chi connectivity index (χ1v) is 11.6. The van der Waals surface area contributed by atoms with Crippen LogP contribution in [0.2, 0.25) is 0 Å². The summed E-state index contributed by atoms with van der Waals surface area (Å²) in [6, 6.07) is 15.2. The lowest BCUT2D eigenvalue weighted by Crippen LogP contribution is -2.48. The minimum Gasteiger partial charge on any atom is -0.480 e. The van der Waals surface area contributed by atoms with Crippen LogP contribution in [0, 0.1) is 0 Å². The molecule has 1 atom stereocenters. The number of nitrogens with one attached hydrogen (secondary N) is 1. The fourth-order valence-corrected chi connectivity index (χ4v) is 5.05. The number of aliphatic carboxylic acids is 1. The molecule has 2 amide bonds. The summed E-state index contributed by atoms with van der Waals surface area (Å²) in [6.07, 6.45) is 2.63. The van der Waals surface area contributed by atoms with E-state index in [1.54, 1.807) is 7.05 Å². The number of amides is 2. The summed E-state index contributed by atoms with van der Waals surface area (Å²) in [5.74, 6) is -1.56. The Kier molecular flexibility index (Phi) is 5.98. The normalized spacial score (nSPS) is 16.9. The molecule has 1 aliphatic heterocycles. The highest BCUT2D eigenvalue weighted by atomic mass is 16.5. The van der Waals surface area contributed by atoms with Crippen molar-refractivity contribution in [2.45, 2.75) is 31.2 Å². The van der Waals surface area contributed by atoms with E-state index in [0.29, 0.717) is 13.0 Å². The highest BCUT2D eigenvalue weighted by Crippen LogP contribution is 2.44. The summed E-state index contributed by atoms with van der Waals surface area (Å²) in [6.45, 7) is 0.471. The molecular weight excluding hydrogens is 448 g/mol. The van der Waals surface area contributed by atoms with E-state index >= 15 is 0 Å². The number of carbonyl (C=O) groups excluding carboxylic acids is 2. The average molecular weight is 475 g/mol. The highest BCUT2D eigenvalue weighted by Gasteiger charge is 2.35. The predicted octanol–water partition coefficient (Wildman–Crippen LogP) is 3.86. The number of fused-ring (bicyclic) bond motifs is 3. The van der Waals surface area contributed by atoms with Crippen LogP contribution in [-0.2, 0) is 16.6 Å². The molecule has 1 aliphatic carbocycles. The zero-order valence-corrected chi connectivity index (χ0v) is 19.3. The van der Waals surface area contributed by atoms with E-state index in [1.807, 2.05) is 36.4 Å². The topological polar surface area (TPSA) is 114 Å². The Morgan fingerprint density at radius 3 is 2.37 bits per heavy atom. The monoisotopic (exact) mass is 474 g/mol. The fourth-order valence-electron chi connectivity index (χ4n) is 5.05. The maximum atomic E-state index is 13.2. The SMILES string of the molecule is Cn1cc(C(=O)N2CCCC[C@@H]2C(=O)O)c(NC(=O)OCC2c3ccccc3-c3ccccc32)n1. The molecule has 9 heteroatoms. The number of anilines is 1. The molecule has 1 aromatic heterocycles. The Morgan fingerprint density at radius 2 is 1.71 bits per heavy atom. The number of aryl methyl sites for hydroxylation is 1. The molecular formula is C26H26N4O5. The number of carboxylic acid groups (broad SMARTS) is 1. The summed E-state index contributed by atoms with van der Waals surface area (Å²) in [5, 5.41) is 16.3. The molecule has 2 aromatic carbocycles. The Balaban J connectivity index is 1.30. The number of hydrogen-bond acceptors (Lipinski definition) is 5. The number of benzene rings is 2. The van der Waals surface area contributed by atoms with Crippen LogP contribution in [0.25, 0.3) is 11.1 Å². The Morgan fingerprint density at radius 1 is 1.06 bits per heavy atom. The number of nitrogens with zero attached hydrogens (tertiary/aromatic N) is 3. The van der Waals surface area contributed by atoms with Crippen LogP contribution in [0.5, 0.6) is 0 Å². The minimum absolute atomic E-state index is 0.0458. The third-order valence-electron chi connectivity index (χ3n) is 6.67. The van der Waals surface area contributed by atoms with E-state index in [9.17, 15) is 19.5 Å². The van der Waals surface area contributed by atoms with Crippen molar-refractivity contribution in [1.82, 2.24) is 14.7 Å². The molecule has 0 radical (unpaired) electrons. The number of rotatable bonds is 5. The second-order valence-corrected chi connectivity index (χ2v) is 8.86. The standard InChI is InChI=1S/C26H26N4O5/c1-29-14-20(24(31)30-13-7-6-12-22(30)25(32)33)23(28-29)27-26(34)35-15-21-18-10-4-2-8-16(18)17-9-3-5-11-19(17)21/h2-5,8-11,14,21-22H,6-7,12-13,15H2,1H3,(H,32,33)(H,27,28,34)/t22-/m1/s1.